The topological polar surface area (TPSA) is 6.48 Å². The smallest absolute Gasteiger partial charge is 0.329 e. The van der Waals surface area contributed by atoms with Crippen LogP contribution in [0.2, 0.25) is 0 Å². The van der Waals surface area contributed by atoms with Crippen molar-refractivity contribution in [2.24, 2.45) is 0 Å². The number of benzene rings is 9. The molecule has 0 aliphatic carbocycles. The first kappa shape index (κ1) is 32.8. The lowest BCUT2D eigenvalue weighted by Gasteiger charge is -2.50. The van der Waals surface area contributed by atoms with Gasteiger partial charge in [-0.1, -0.05) is 163 Å². The summed E-state index contributed by atoms with van der Waals surface area (Å²) < 4.78 is 0. The Morgan fingerprint density at radius 3 is 1.22 bits per heavy atom. The van der Waals surface area contributed by atoms with Crippen molar-refractivity contribution in [1.29, 1.82) is 0 Å². The van der Waals surface area contributed by atoms with Gasteiger partial charge in [0.1, 0.15) is 0 Å². The molecule has 0 amide bonds. The van der Waals surface area contributed by atoms with Crippen LogP contribution in [0.3, 0.4) is 0 Å². The molecule has 0 saturated carbocycles. The molecule has 0 saturated heterocycles. The van der Waals surface area contributed by atoms with Crippen LogP contribution in [0.4, 0.5) is 22.7 Å². The van der Waals surface area contributed by atoms with Gasteiger partial charge in [0, 0.05) is 39.4 Å². The Morgan fingerprint density at radius 1 is 0.288 bits per heavy atom. The molecule has 0 fully saturated rings. The van der Waals surface area contributed by atoms with Crippen molar-refractivity contribution in [3.8, 4) is 66.8 Å². The zero-order valence-electron chi connectivity index (χ0n) is 32.6. The minimum atomic E-state index is 0.0101. The lowest BCUT2D eigenvalue weighted by Crippen LogP contribution is -2.65. The van der Waals surface area contributed by atoms with E-state index in [1.54, 1.807) is 0 Å². The van der Waals surface area contributed by atoms with Gasteiger partial charge in [0.25, 0.3) is 0 Å². The van der Waals surface area contributed by atoms with E-state index in [2.05, 4.69) is 217 Å². The molecule has 272 valence electrons. The highest BCUT2D eigenvalue weighted by Crippen LogP contribution is 2.54. The molecule has 9 aromatic carbocycles. The fourth-order valence-corrected chi connectivity index (χ4v) is 10.8. The number of aryl methyl sites for hydroxylation is 1. The van der Waals surface area contributed by atoms with Crippen molar-refractivity contribution in [2.45, 2.75) is 6.92 Å². The Kier molecular flexibility index (Phi) is 6.86. The lowest BCUT2D eigenvalue weighted by molar-refractivity contribution is 1.30. The third-order valence-corrected chi connectivity index (χ3v) is 13.3. The van der Waals surface area contributed by atoms with E-state index in [0.717, 1.165) is 0 Å². The quantitative estimate of drug-likeness (QED) is 0.166. The van der Waals surface area contributed by atoms with Gasteiger partial charge in [-0.15, -0.1) is 0 Å². The zero-order valence-corrected chi connectivity index (χ0v) is 32.6. The van der Waals surface area contributed by atoms with E-state index in [9.17, 15) is 0 Å². The number of fused-ring (bicyclic) bond motifs is 16. The second-order valence-electron chi connectivity index (χ2n) is 16.5. The van der Waals surface area contributed by atoms with Crippen LogP contribution in [0, 0.1) is 6.92 Å². The number of rotatable bonds is 3. The van der Waals surface area contributed by atoms with E-state index in [0.29, 0.717) is 0 Å². The minimum absolute atomic E-state index is 0.0101. The Balaban J connectivity index is 1.08. The first-order valence-electron chi connectivity index (χ1n) is 20.7. The largest absolute Gasteiger partial charge is 0.376 e. The van der Waals surface area contributed by atoms with Crippen LogP contribution in [0.5, 0.6) is 0 Å². The first-order valence-corrected chi connectivity index (χ1v) is 20.7. The molecule has 0 aromatic heterocycles. The molecule has 0 atom stereocenters. The summed E-state index contributed by atoms with van der Waals surface area (Å²) in [5.74, 6) is 0. The molecule has 9 aromatic rings. The summed E-state index contributed by atoms with van der Waals surface area (Å²) in [6.45, 7) is 2.27. The van der Waals surface area contributed by atoms with Crippen molar-refractivity contribution in [3.05, 3.63) is 206 Å². The fourth-order valence-electron chi connectivity index (χ4n) is 10.8. The fraction of sp³-hybridized carbons (Fsp3) is 0.0182. The molecule has 4 aliphatic heterocycles. The van der Waals surface area contributed by atoms with Gasteiger partial charge >= 0.3 is 13.7 Å². The number of hydrogen-bond acceptors (Lipinski definition) is 2. The maximum absolute atomic E-state index is 2.65. The summed E-state index contributed by atoms with van der Waals surface area (Å²) in [7, 11) is 0. The Labute approximate surface area is 345 Å². The highest BCUT2D eigenvalue weighted by Gasteiger charge is 2.50. The van der Waals surface area contributed by atoms with Crippen LogP contribution in [-0.4, -0.2) is 13.7 Å². The molecule has 4 heteroatoms. The van der Waals surface area contributed by atoms with Gasteiger partial charge in [-0.3, -0.25) is 0 Å². The monoisotopic (exact) mass is 746 g/mol. The molecule has 0 N–H and O–H groups in total. The Bertz CT molecular complexity index is 3200. The number of anilines is 4. The molecular formula is C55H36B2N2. The third-order valence-electron chi connectivity index (χ3n) is 13.3. The van der Waals surface area contributed by atoms with Crippen LogP contribution in [-0.2, 0) is 0 Å². The maximum Gasteiger partial charge on any atom is 0.329 e. The molecule has 2 nitrogen and oxygen atoms in total. The van der Waals surface area contributed by atoms with Crippen LogP contribution in [0.25, 0.3) is 66.8 Å². The molecule has 0 spiro atoms. The van der Waals surface area contributed by atoms with Crippen LogP contribution in [0.1, 0.15) is 5.56 Å². The Hall–Kier alpha value is -7.29. The summed E-state index contributed by atoms with van der Waals surface area (Å²) in [6, 6.07) is 75.1. The summed E-state index contributed by atoms with van der Waals surface area (Å²) in [4.78, 5) is 5.30. The standard InChI is InChI=1S/C55H36B2N2/c1-35-23-27-46-42(31-35)44-33-40(37-15-7-3-8-16-37)25-29-50(44)58-52-21-12-22-53-55(52)54-48(56(46)58)19-11-20-49(54)57-47-28-24-39(36-13-5-2-6-14-36)32-43(47)45-34-41(26-30-51(45)59(53)57)38-17-9-4-10-18-38/h2-34H,1H3. The van der Waals surface area contributed by atoms with E-state index < -0.39 is 0 Å². The first-order chi connectivity index (χ1) is 29.2. The lowest BCUT2D eigenvalue weighted by atomic mass is 9.37. The molecule has 59 heavy (non-hydrogen) atoms. The van der Waals surface area contributed by atoms with Gasteiger partial charge in [0.05, 0.1) is 0 Å². The van der Waals surface area contributed by atoms with Gasteiger partial charge in [0.2, 0.25) is 0 Å². The minimum Gasteiger partial charge on any atom is -0.376 e. The van der Waals surface area contributed by atoms with Crippen molar-refractivity contribution in [3.63, 3.8) is 0 Å². The molecule has 13 rings (SSSR count). The second kappa shape index (κ2) is 12.4. The van der Waals surface area contributed by atoms with Crippen molar-refractivity contribution in [1.82, 2.24) is 0 Å². The van der Waals surface area contributed by atoms with Crippen molar-refractivity contribution < 1.29 is 0 Å². The number of hydrogen-bond donors (Lipinski definition) is 0. The predicted octanol–water partition coefficient (Wildman–Crippen LogP) is 11.1. The van der Waals surface area contributed by atoms with Crippen molar-refractivity contribution >= 4 is 58.3 Å². The van der Waals surface area contributed by atoms with Crippen LogP contribution in [0.15, 0.2) is 200 Å². The summed E-state index contributed by atoms with van der Waals surface area (Å²) in [5.41, 5.74) is 27.0. The molecule has 0 radical (unpaired) electrons. The number of nitrogens with zero attached hydrogens (tertiary/aromatic N) is 2. The van der Waals surface area contributed by atoms with Crippen LogP contribution < -0.4 is 31.5 Å². The van der Waals surface area contributed by atoms with Gasteiger partial charge in [0.15, 0.2) is 0 Å². The van der Waals surface area contributed by atoms with Gasteiger partial charge < -0.3 is 9.62 Å². The van der Waals surface area contributed by atoms with Crippen LogP contribution >= 0.6 is 0 Å². The van der Waals surface area contributed by atoms with Crippen molar-refractivity contribution in [2.75, 3.05) is 9.62 Å². The third kappa shape index (κ3) is 4.66. The predicted molar refractivity (Wildman–Crippen MR) is 251 cm³/mol. The van der Waals surface area contributed by atoms with E-state index in [4.69, 9.17) is 0 Å². The zero-order chi connectivity index (χ0) is 38.8. The van der Waals surface area contributed by atoms with Gasteiger partial charge in [-0.25, -0.2) is 0 Å². The molecule has 0 unspecified atom stereocenters. The second-order valence-corrected chi connectivity index (χ2v) is 16.5. The van der Waals surface area contributed by atoms with E-state index >= 15 is 0 Å². The average molecular weight is 747 g/mol. The summed E-state index contributed by atoms with van der Waals surface area (Å²) >= 11 is 0. The highest BCUT2D eigenvalue weighted by atomic mass is 15.1. The van der Waals surface area contributed by atoms with E-state index in [1.807, 2.05) is 0 Å². The molecule has 4 aliphatic rings. The summed E-state index contributed by atoms with van der Waals surface area (Å²) in [6.07, 6.45) is 0. The van der Waals surface area contributed by atoms with Gasteiger partial charge in [-0.05, 0) is 121 Å². The SMILES string of the molecule is Cc1ccc2c(c1)-c1cc(-c3ccccc3)ccc1N1B2c2cccc3c2-c2c1cccc2N1B3c2ccc(-c3ccccc3)cc2-c2cc(-c3ccccc3)ccc21. The Morgan fingerprint density at radius 2 is 0.712 bits per heavy atom. The maximum atomic E-state index is 2.65. The van der Waals surface area contributed by atoms with Gasteiger partial charge in [-0.2, -0.15) is 0 Å². The normalized spacial score (nSPS) is 13.4. The molecule has 4 heterocycles. The average Bonchev–Trinajstić information content (AvgIpc) is 3.31. The molecular weight excluding hydrogens is 710 g/mol. The summed E-state index contributed by atoms with van der Waals surface area (Å²) in [5, 5.41) is 0. The highest BCUT2D eigenvalue weighted by molar-refractivity contribution is 6.97. The van der Waals surface area contributed by atoms with E-state index in [1.165, 1.54) is 117 Å². The van der Waals surface area contributed by atoms with E-state index in [-0.39, 0.29) is 13.7 Å². The molecule has 0 bridgehead atoms.